The molecule has 0 saturated carbocycles. The summed E-state index contributed by atoms with van der Waals surface area (Å²) in [6.07, 6.45) is 0. The average Bonchev–Trinajstić information content (AvgIpc) is 2.96. The molecule has 0 fully saturated rings. The van der Waals surface area contributed by atoms with Gasteiger partial charge in [-0.3, -0.25) is 9.59 Å². The van der Waals surface area contributed by atoms with E-state index in [0.717, 1.165) is 23.1 Å². The Kier molecular flexibility index (Phi) is 4.64. The number of carbonyl (C=O) groups is 2. The van der Waals surface area contributed by atoms with Crippen molar-refractivity contribution < 1.29 is 22.8 Å². The third-order valence-electron chi connectivity index (χ3n) is 4.43. The lowest BCUT2D eigenvalue weighted by Gasteiger charge is -2.16. The molecule has 3 aromatic carbocycles. The molecule has 1 heterocycles. The second-order valence-electron chi connectivity index (χ2n) is 6.27. The smallest absolute Gasteiger partial charge is 0.282 e. The summed E-state index contributed by atoms with van der Waals surface area (Å²) in [7, 11) is 0. The number of nitrogens with one attached hydrogen (secondary N) is 1. The number of rotatable bonds is 4. The Balaban J connectivity index is 1.84. The molecule has 7 heteroatoms. The molecule has 1 aliphatic heterocycles. The van der Waals surface area contributed by atoms with E-state index >= 15 is 0 Å². The summed E-state index contributed by atoms with van der Waals surface area (Å²) in [4.78, 5) is 26.9. The molecule has 0 bridgehead atoms. The SMILES string of the molecule is O=C1C(Nc2ccc(F)c(F)c2)=C(c2ccccc2)C(=O)N1c1ccccc1F. The van der Waals surface area contributed by atoms with Gasteiger partial charge in [0.1, 0.15) is 11.5 Å². The zero-order valence-electron chi connectivity index (χ0n) is 14.8. The molecule has 29 heavy (non-hydrogen) atoms. The Morgan fingerprint density at radius 3 is 2.07 bits per heavy atom. The minimum absolute atomic E-state index is 0.00332. The lowest BCUT2D eigenvalue weighted by molar-refractivity contribution is -0.120. The first kappa shape index (κ1) is 18.5. The highest BCUT2D eigenvalue weighted by Gasteiger charge is 2.41. The summed E-state index contributed by atoms with van der Waals surface area (Å²) in [6.45, 7) is 0. The third kappa shape index (κ3) is 3.27. The van der Waals surface area contributed by atoms with Gasteiger partial charge >= 0.3 is 0 Å². The van der Waals surface area contributed by atoms with Gasteiger partial charge in [-0.1, -0.05) is 42.5 Å². The quantitative estimate of drug-likeness (QED) is 0.663. The highest BCUT2D eigenvalue weighted by atomic mass is 19.2. The number of nitrogens with zero attached hydrogens (tertiary/aromatic N) is 1. The van der Waals surface area contributed by atoms with Crippen LogP contribution < -0.4 is 10.2 Å². The predicted octanol–water partition coefficient (Wildman–Crippen LogP) is 4.50. The van der Waals surface area contributed by atoms with Gasteiger partial charge < -0.3 is 5.32 Å². The van der Waals surface area contributed by atoms with Crippen LogP contribution in [0.4, 0.5) is 24.5 Å². The van der Waals surface area contributed by atoms with Crippen molar-refractivity contribution in [2.24, 2.45) is 0 Å². The van der Waals surface area contributed by atoms with Crippen molar-refractivity contribution in [1.29, 1.82) is 0 Å². The van der Waals surface area contributed by atoms with Crippen molar-refractivity contribution in [3.63, 3.8) is 0 Å². The van der Waals surface area contributed by atoms with Crippen molar-refractivity contribution in [2.75, 3.05) is 10.2 Å². The molecule has 0 saturated heterocycles. The molecule has 3 aromatic rings. The molecule has 0 aromatic heterocycles. The molecule has 0 radical (unpaired) electrons. The van der Waals surface area contributed by atoms with Gasteiger partial charge in [-0.05, 0) is 29.8 Å². The Morgan fingerprint density at radius 2 is 1.38 bits per heavy atom. The van der Waals surface area contributed by atoms with Gasteiger partial charge in [-0.2, -0.15) is 0 Å². The van der Waals surface area contributed by atoms with E-state index in [2.05, 4.69) is 5.32 Å². The monoisotopic (exact) mass is 394 g/mol. The predicted molar refractivity (Wildman–Crippen MR) is 102 cm³/mol. The van der Waals surface area contributed by atoms with Crippen LogP contribution in [-0.2, 0) is 9.59 Å². The number of anilines is 2. The van der Waals surface area contributed by atoms with E-state index in [-0.39, 0.29) is 22.6 Å². The van der Waals surface area contributed by atoms with Crippen LogP contribution in [0.3, 0.4) is 0 Å². The van der Waals surface area contributed by atoms with E-state index in [1.807, 2.05) is 0 Å². The number of carbonyl (C=O) groups excluding carboxylic acids is 2. The summed E-state index contributed by atoms with van der Waals surface area (Å²) in [5.74, 6) is -4.43. The van der Waals surface area contributed by atoms with Crippen molar-refractivity contribution in [1.82, 2.24) is 0 Å². The number of para-hydroxylation sites is 1. The normalized spacial score (nSPS) is 14.0. The maximum Gasteiger partial charge on any atom is 0.282 e. The first-order valence-corrected chi connectivity index (χ1v) is 8.62. The second kappa shape index (κ2) is 7.27. The number of amides is 2. The van der Waals surface area contributed by atoms with E-state index in [0.29, 0.717) is 5.56 Å². The van der Waals surface area contributed by atoms with Gasteiger partial charge in [-0.25, -0.2) is 18.1 Å². The van der Waals surface area contributed by atoms with Crippen molar-refractivity contribution in [2.45, 2.75) is 0 Å². The first-order chi connectivity index (χ1) is 14.0. The Hall–Kier alpha value is -3.87. The highest BCUT2D eigenvalue weighted by Crippen LogP contribution is 2.34. The topological polar surface area (TPSA) is 49.4 Å². The zero-order chi connectivity index (χ0) is 20.5. The fourth-order valence-electron chi connectivity index (χ4n) is 3.09. The molecule has 144 valence electrons. The number of imide groups is 1. The van der Waals surface area contributed by atoms with E-state index in [1.54, 1.807) is 30.3 Å². The average molecular weight is 394 g/mol. The number of hydrogen-bond acceptors (Lipinski definition) is 3. The van der Waals surface area contributed by atoms with Crippen molar-refractivity contribution in [3.05, 3.63) is 102 Å². The summed E-state index contributed by atoms with van der Waals surface area (Å²) < 4.78 is 41.1. The van der Waals surface area contributed by atoms with Gasteiger partial charge in [0.2, 0.25) is 0 Å². The second-order valence-corrected chi connectivity index (χ2v) is 6.27. The molecule has 2 amide bonds. The molecular weight excluding hydrogens is 381 g/mol. The Labute approximate surface area is 163 Å². The maximum absolute atomic E-state index is 14.3. The fourth-order valence-corrected chi connectivity index (χ4v) is 3.09. The van der Waals surface area contributed by atoms with Crippen molar-refractivity contribution >= 4 is 28.8 Å². The fraction of sp³-hybridized carbons (Fsp3) is 0. The van der Waals surface area contributed by atoms with Gasteiger partial charge in [0.15, 0.2) is 11.6 Å². The molecule has 1 aliphatic rings. The minimum atomic E-state index is -1.11. The van der Waals surface area contributed by atoms with Crippen LogP contribution in [0, 0.1) is 17.5 Å². The summed E-state index contributed by atoms with van der Waals surface area (Å²) in [5, 5.41) is 2.70. The van der Waals surface area contributed by atoms with Crippen LogP contribution in [0.2, 0.25) is 0 Å². The molecule has 4 nitrogen and oxygen atoms in total. The van der Waals surface area contributed by atoms with Gasteiger partial charge in [-0.15, -0.1) is 0 Å². The minimum Gasteiger partial charge on any atom is -0.350 e. The molecule has 0 atom stereocenters. The summed E-state index contributed by atoms with van der Waals surface area (Å²) in [5.41, 5.74) is 0.149. The molecule has 4 rings (SSSR count). The van der Waals surface area contributed by atoms with Crippen LogP contribution in [0.5, 0.6) is 0 Å². The lowest BCUT2D eigenvalue weighted by Crippen LogP contribution is -2.33. The van der Waals surface area contributed by atoms with Crippen LogP contribution in [0.15, 0.2) is 78.5 Å². The Bertz CT molecular complexity index is 1160. The summed E-state index contributed by atoms with van der Waals surface area (Å²) >= 11 is 0. The molecule has 1 N–H and O–H groups in total. The van der Waals surface area contributed by atoms with E-state index in [4.69, 9.17) is 0 Å². The molecule has 0 unspecified atom stereocenters. The van der Waals surface area contributed by atoms with E-state index < -0.39 is 29.3 Å². The van der Waals surface area contributed by atoms with Gasteiger partial charge in [0.25, 0.3) is 11.8 Å². The molecule has 0 aliphatic carbocycles. The largest absolute Gasteiger partial charge is 0.350 e. The number of halogens is 3. The molecular formula is C22H13F3N2O2. The van der Waals surface area contributed by atoms with Crippen LogP contribution in [0.1, 0.15) is 5.56 Å². The van der Waals surface area contributed by atoms with Crippen LogP contribution in [0.25, 0.3) is 5.57 Å². The standard InChI is InChI=1S/C22H13F3N2O2/c23-15-11-10-14(12-17(15)25)26-20-19(13-6-2-1-3-7-13)21(28)27(22(20)29)18-9-5-4-8-16(18)24/h1-12,26H. The summed E-state index contributed by atoms with van der Waals surface area (Å²) in [6, 6.07) is 16.7. The van der Waals surface area contributed by atoms with E-state index in [9.17, 15) is 22.8 Å². The van der Waals surface area contributed by atoms with Crippen molar-refractivity contribution in [3.8, 4) is 0 Å². The lowest BCUT2D eigenvalue weighted by atomic mass is 10.0. The molecule has 0 spiro atoms. The van der Waals surface area contributed by atoms with Crippen LogP contribution in [-0.4, -0.2) is 11.8 Å². The highest BCUT2D eigenvalue weighted by molar-refractivity contribution is 6.46. The van der Waals surface area contributed by atoms with Gasteiger partial charge in [0, 0.05) is 11.8 Å². The Morgan fingerprint density at radius 1 is 0.690 bits per heavy atom. The third-order valence-corrected chi connectivity index (χ3v) is 4.43. The number of benzene rings is 3. The van der Waals surface area contributed by atoms with E-state index in [1.165, 1.54) is 24.3 Å². The first-order valence-electron chi connectivity index (χ1n) is 8.62. The zero-order valence-corrected chi connectivity index (χ0v) is 14.8. The van der Waals surface area contributed by atoms with Gasteiger partial charge in [0.05, 0.1) is 11.3 Å². The maximum atomic E-state index is 14.3. The van der Waals surface area contributed by atoms with Crippen LogP contribution >= 0.6 is 0 Å². The number of hydrogen-bond donors (Lipinski definition) is 1.